The molecule has 1 aromatic rings. The number of carboxylic acid groups (broad SMARTS) is 1. The van der Waals surface area contributed by atoms with Crippen molar-refractivity contribution in [1.82, 2.24) is 20.5 Å². The van der Waals surface area contributed by atoms with Crippen molar-refractivity contribution in [3.05, 3.63) is 52.1 Å². The first-order valence-electron chi connectivity index (χ1n) is 9.50. The number of hydrogen-bond donors (Lipinski definition) is 3. The number of benzene rings is 1. The van der Waals surface area contributed by atoms with Gasteiger partial charge >= 0.3 is 12.0 Å². The number of nitrogens with one attached hydrogen (secondary N) is 2. The van der Waals surface area contributed by atoms with E-state index in [1.165, 1.54) is 11.8 Å². The summed E-state index contributed by atoms with van der Waals surface area (Å²) >= 11 is 6.90. The largest absolute Gasteiger partial charge is 0.477 e. The number of hydrogen-bond acceptors (Lipinski definition) is 7. The minimum atomic E-state index is -1.23. The minimum Gasteiger partial charge on any atom is -0.477 e. The molecule has 2 unspecified atom stereocenters. The molecule has 0 saturated carbocycles. The molecule has 2 aliphatic rings. The standard InChI is InChI=1S/C19H20ClN5O6S/c1-10-9-32-17-13(16(27)25(17)14(10)18(28)29)21-15(26)12(11-5-3-2-4-6-11)22-19(30)24(23-31)8-7-20/h2-6,12-13,17H,7-9H2,1H3,(H,21,26)(H,22,30)(H,28,29)/t12?,13?,17-/m0/s1. The summed E-state index contributed by atoms with van der Waals surface area (Å²) < 4.78 is 0. The van der Waals surface area contributed by atoms with Crippen LogP contribution in [-0.2, 0) is 14.4 Å². The number of urea groups is 1. The van der Waals surface area contributed by atoms with Gasteiger partial charge in [-0.1, -0.05) is 30.3 Å². The Kier molecular flexibility index (Phi) is 7.36. The van der Waals surface area contributed by atoms with Gasteiger partial charge in [-0.25, -0.2) is 9.59 Å². The summed E-state index contributed by atoms with van der Waals surface area (Å²) in [5.41, 5.74) is 0.898. The molecule has 0 radical (unpaired) electrons. The molecular formula is C19H20ClN5O6S. The second-order valence-corrected chi connectivity index (χ2v) is 8.50. The van der Waals surface area contributed by atoms with Gasteiger partial charge in [-0.3, -0.25) is 14.5 Å². The number of nitrogens with zero attached hydrogens (tertiary/aromatic N) is 3. The molecule has 3 N–H and O–H groups in total. The fraction of sp³-hybridized carbons (Fsp3) is 0.368. The topological polar surface area (TPSA) is 148 Å². The maximum atomic E-state index is 13.1. The molecule has 32 heavy (non-hydrogen) atoms. The Hall–Kier alpha value is -3.12. The number of nitroso groups, excluding NO2 is 1. The highest BCUT2D eigenvalue weighted by Gasteiger charge is 2.54. The van der Waals surface area contributed by atoms with Crippen molar-refractivity contribution in [2.45, 2.75) is 24.4 Å². The zero-order valence-electron chi connectivity index (χ0n) is 16.9. The molecule has 170 valence electrons. The van der Waals surface area contributed by atoms with Crippen LogP contribution in [0.5, 0.6) is 0 Å². The molecular weight excluding hydrogens is 462 g/mol. The van der Waals surface area contributed by atoms with Crippen LogP contribution in [0.1, 0.15) is 18.5 Å². The first-order valence-corrected chi connectivity index (χ1v) is 11.1. The Morgan fingerprint density at radius 1 is 1.34 bits per heavy atom. The molecule has 11 nitrogen and oxygen atoms in total. The van der Waals surface area contributed by atoms with Gasteiger partial charge in [-0.15, -0.1) is 28.3 Å². The number of alkyl halides is 1. The van der Waals surface area contributed by atoms with E-state index >= 15 is 0 Å². The minimum absolute atomic E-state index is 0.0362. The van der Waals surface area contributed by atoms with Gasteiger partial charge in [0.15, 0.2) is 0 Å². The summed E-state index contributed by atoms with van der Waals surface area (Å²) in [6.45, 7) is 1.49. The molecule has 0 aromatic heterocycles. The van der Waals surface area contributed by atoms with Crippen LogP contribution in [0.3, 0.4) is 0 Å². The van der Waals surface area contributed by atoms with Crippen LogP contribution >= 0.6 is 23.4 Å². The molecule has 2 heterocycles. The van der Waals surface area contributed by atoms with Crippen LogP contribution in [0, 0.1) is 4.91 Å². The molecule has 2 aliphatic heterocycles. The molecule has 13 heteroatoms. The maximum Gasteiger partial charge on any atom is 0.352 e. The van der Waals surface area contributed by atoms with E-state index in [4.69, 9.17) is 11.6 Å². The maximum absolute atomic E-state index is 13.1. The Bertz CT molecular complexity index is 974. The summed E-state index contributed by atoms with van der Waals surface area (Å²) in [7, 11) is 0. The highest BCUT2D eigenvalue weighted by molar-refractivity contribution is 8.00. The Labute approximate surface area is 192 Å². The third-order valence-electron chi connectivity index (χ3n) is 4.95. The average molecular weight is 482 g/mol. The SMILES string of the molecule is CC1=C(C(=O)O)N2C(=O)C(NC(=O)C(NC(=O)N(CCCl)N=O)c3ccccc3)[C@@H]2SC1. The summed E-state index contributed by atoms with van der Waals surface area (Å²) in [6, 6.07) is 5.14. The lowest BCUT2D eigenvalue weighted by Crippen LogP contribution is -2.71. The van der Waals surface area contributed by atoms with Gasteiger partial charge < -0.3 is 15.7 Å². The van der Waals surface area contributed by atoms with Crippen LogP contribution in [0.25, 0.3) is 0 Å². The summed E-state index contributed by atoms with van der Waals surface area (Å²) in [6.07, 6.45) is 0. The molecule has 0 bridgehead atoms. The molecule has 0 spiro atoms. The number of carbonyl (C=O) groups excluding carboxylic acids is 3. The van der Waals surface area contributed by atoms with E-state index in [9.17, 15) is 29.2 Å². The lowest BCUT2D eigenvalue weighted by Gasteiger charge is -2.49. The normalized spacial score (nSPS) is 20.6. The van der Waals surface area contributed by atoms with Crippen molar-refractivity contribution < 1.29 is 24.3 Å². The molecule has 3 rings (SSSR count). The summed E-state index contributed by atoms with van der Waals surface area (Å²) in [5, 5.41) is 17.0. The Balaban J connectivity index is 1.78. The van der Waals surface area contributed by atoms with E-state index in [0.717, 1.165) is 4.90 Å². The third-order valence-corrected chi connectivity index (χ3v) is 6.54. The Morgan fingerprint density at radius 2 is 2.03 bits per heavy atom. The first-order chi connectivity index (χ1) is 15.3. The van der Waals surface area contributed by atoms with Gasteiger partial charge in [-0.05, 0) is 18.1 Å². The van der Waals surface area contributed by atoms with Gasteiger partial charge in [0.05, 0.1) is 11.8 Å². The van der Waals surface area contributed by atoms with E-state index in [1.54, 1.807) is 37.3 Å². The Morgan fingerprint density at radius 3 is 2.62 bits per heavy atom. The number of halogens is 1. The van der Waals surface area contributed by atoms with Gasteiger partial charge in [0.25, 0.3) is 5.91 Å². The second-order valence-electron chi connectivity index (χ2n) is 7.02. The number of aliphatic carboxylic acids is 1. The van der Waals surface area contributed by atoms with Crippen molar-refractivity contribution >= 4 is 47.2 Å². The van der Waals surface area contributed by atoms with Gasteiger partial charge in [0, 0.05) is 11.6 Å². The number of rotatable bonds is 8. The van der Waals surface area contributed by atoms with E-state index in [-0.39, 0.29) is 18.1 Å². The quantitative estimate of drug-likeness (QED) is 0.220. The third kappa shape index (κ3) is 4.55. The fourth-order valence-corrected chi connectivity index (χ4v) is 4.87. The molecule has 1 saturated heterocycles. The lowest BCUT2D eigenvalue weighted by molar-refractivity contribution is -0.151. The number of fused-ring (bicyclic) bond motifs is 1. The van der Waals surface area contributed by atoms with Crippen LogP contribution in [0.2, 0.25) is 0 Å². The van der Waals surface area contributed by atoms with Gasteiger partial charge in [-0.2, -0.15) is 5.01 Å². The van der Waals surface area contributed by atoms with Crippen LogP contribution in [-0.4, -0.2) is 68.4 Å². The van der Waals surface area contributed by atoms with Gasteiger partial charge in [0.1, 0.15) is 23.2 Å². The fourth-order valence-electron chi connectivity index (χ4n) is 3.42. The summed E-state index contributed by atoms with van der Waals surface area (Å²) in [5.74, 6) is -2.08. The average Bonchev–Trinajstić information content (AvgIpc) is 2.79. The number of carbonyl (C=O) groups is 4. The lowest BCUT2D eigenvalue weighted by atomic mass is 10.0. The predicted octanol–water partition coefficient (Wildman–Crippen LogP) is 1.42. The monoisotopic (exact) mass is 481 g/mol. The number of β-lactam (4-membered cyclic amide) rings is 1. The van der Waals surface area contributed by atoms with Crippen molar-refractivity contribution in [2.75, 3.05) is 18.2 Å². The second kappa shape index (κ2) is 10.0. The van der Waals surface area contributed by atoms with Crippen LogP contribution < -0.4 is 10.6 Å². The number of carboxylic acids is 1. The molecule has 3 atom stereocenters. The molecule has 0 aliphatic carbocycles. The zero-order chi connectivity index (χ0) is 23.4. The van der Waals surface area contributed by atoms with E-state index in [0.29, 0.717) is 21.9 Å². The van der Waals surface area contributed by atoms with Crippen molar-refractivity contribution in [1.29, 1.82) is 0 Å². The molecule has 4 amide bonds. The van der Waals surface area contributed by atoms with E-state index in [2.05, 4.69) is 15.9 Å². The van der Waals surface area contributed by atoms with Crippen molar-refractivity contribution in [3.8, 4) is 0 Å². The van der Waals surface area contributed by atoms with Crippen molar-refractivity contribution in [3.63, 3.8) is 0 Å². The first kappa shape index (κ1) is 23.5. The highest BCUT2D eigenvalue weighted by Crippen LogP contribution is 2.40. The van der Waals surface area contributed by atoms with Crippen LogP contribution in [0.4, 0.5) is 4.79 Å². The van der Waals surface area contributed by atoms with E-state index in [1.807, 2.05) is 0 Å². The summed E-state index contributed by atoms with van der Waals surface area (Å²) in [4.78, 5) is 61.7. The highest BCUT2D eigenvalue weighted by atomic mass is 35.5. The smallest absolute Gasteiger partial charge is 0.352 e. The molecule has 1 fully saturated rings. The molecule has 1 aromatic carbocycles. The zero-order valence-corrected chi connectivity index (χ0v) is 18.4. The number of thioether (sulfide) groups is 1. The van der Waals surface area contributed by atoms with Crippen molar-refractivity contribution in [2.24, 2.45) is 5.29 Å². The van der Waals surface area contributed by atoms with Gasteiger partial charge in [0.2, 0.25) is 5.91 Å². The number of amides is 4. The van der Waals surface area contributed by atoms with Crippen LogP contribution in [0.15, 0.2) is 46.9 Å². The van der Waals surface area contributed by atoms with E-state index < -0.39 is 41.3 Å². The predicted molar refractivity (Wildman–Crippen MR) is 116 cm³/mol.